The van der Waals surface area contributed by atoms with Crippen molar-refractivity contribution in [3.8, 4) is 34.4 Å². The number of cyclic esters (lactones) is 1. The highest BCUT2D eigenvalue weighted by molar-refractivity contribution is 7.10. The third kappa shape index (κ3) is 10.9. The van der Waals surface area contributed by atoms with Crippen LogP contribution in [0, 0.1) is 28.6 Å². The molecule has 1 unspecified atom stereocenters. The van der Waals surface area contributed by atoms with Crippen LogP contribution in [0.15, 0.2) is 35.8 Å². The molecule has 9 aliphatic rings. The van der Waals surface area contributed by atoms with Crippen LogP contribution in [0.3, 0.4) is 0 Å². The van der Waals surface area contributed by atoms with Gasteiger partial charge in [-0.2, -0.15) is 0 Å². The number of thiazole rings is 1. The monoisotopic (exact) mass is 1090 g/mol. The molecule has 13 rings (SSSR count). The van der Waals surface area contributed by atoms with Crippen LogP contribution in [0.4, 0.5) is 0 Å². The lowest BCUT2D eigenvalue weighted by Crippen LogP contribution is -2.74. The lowest BCUT2D eigenvalue weighted by Gasteiger charge is -2.58. The average Bonchev–Trinajstić information content (AvgIpc) is 4.20. The Morgan fingerprint density at radius 3 is 2.56 bits per heavy atom. The fraction of sp³-hybridized carbons (Fsp3) is 0.644. The molecule has 78 heavy (non-hydrogen) atoms. The van der Waals surface area contributed by atoms with Crippen molar-refractivity contribution in [2.45, 2.75) is 121 Å². The first-order valence-electron chi connectivity index (χ1n) is 28.6. The Bertz CT molecular complexity index is 2910. The van der Waals surface area contributed by atoms with Crippen molar-refractivity contribution in [1.82, 2.24) is 45.0 Å². The molecule has 3 aromatic heterocycles. The summed E-state index contributed by atoms with van der Waals surface area (Å²) in [5.41, 5.74) is 10.1. The highest BCUT2D eigenvalue weighted by Crippen LogP contribution is 2.47. The Morgan fingerprint density at radius 1 is 1.01 bits per heavy atom. The highest BCUT2D eigenvalue weighted by Gasteiger charge is 2.57. The molecule has 18 nitrogen and oxygen atoms in total. The van der Waals surface area contributed by atoms with Crippen LogP contribution in [0.5, 0.6) is 0 Å². The maximum Gasteiger partial charge on any atom is 0.325 e. The minimum Gasteiger partial charge on any atom is -0.464 e. The van der Waals surface area contributed by atoms with Gasteiger partial charge in [0.25, 0.3) is 5.91 Å². The van der Waals surface area contributed by atoms with Crippen LogP contribution in [0.25, 0.3) is 33.4 Å². The number of hydrogen-bond acceptors (Lipinski definition) is 16. The molecule has 1 aliphatic carbocycles. The molecule has 1 aromatic carbocycles. The zero-order valence-corrected chi connectivity index (χ0v) is 46.9. The number of hydrazine groups is 1. The van der Waals surface area contributed by atoms with E-state index in [0.717, 1.165) is 107 Å². The summed E-state index contributed by atoms with van der Waals surface area (Å²) in [7, 11) is 3.88. The zero-order chi connectivity index (χ0) is 53.7. The highest BCUT2D eigenvalue weighted by atomic mass is 32.1. The number of ether oxygens (including phenoxy) is 6. The summed E-state index contributed by atoms with van der Waals surface area (Å²) in [6, 6.07) is 6.26. The number of nitrogens with one attached hydrogen (secondary N) is 2. The number of amides is 2. The van der Waals surface area contributed by atoms with Crippen molar-refractivity contribution in [1.29, 1.82) is 0 Å². The lowest BCUT2D eigenvalue weighted by atomic mass is 9.72. The number of piperazine rings is 1. The van der Waals surface area contributed by atoms with E-state index in [1.165, 1.54) is 11.3 Å². The molecule has 4 aromatic rings. The Morgan fingerprint density at radius 2 is 1.82 bits per heavy atom. The van der Waals surface area contributed by atoms with Crippen LogP contribution in [0.2, 0.25) is 0 Å². The smallest absolute Gasteiger partial charge is 0.325 e. The number of nitrogens with zero attached hydrogens (tertiary/aromatic N) is 7. The quantitative estimate of drug-likeness (QED) is 0.145. The first-order chi connectivity index (χ1) is 37.8. The van der Waals surface area contributed by atoms with E-state index in [1.807, 2.05) is 13.1 Å². The van der Waals surface area contributed by atoms with Crippen molar-refractivity contribution in [2.75, 3.05) is 106 Å². The van der Waals surface area contributed by atoms with E-state index < -0.39 is 35.6 Å². The number of likely N-dealkylation sites (tertiary alicyclic amines) is 1. The van der Waals surface area contributed by atoms with Crippen molar-refractivity contribution < 1.29 is 42.8 Å². The summed E-state index contributed by atoms with van der Waals surface area (Å²) in [5, 5.41) is 8.73. The van der Waals surface area contributed by atoms with Gasteiger partial charge in [0.1, 0.15) is 23.2 Å². The molecule has 2 N–H and O–H groups in total. The molecule has 5 atom stereocenters. The number of fused-ring (bicyclic) bond motifs is 4. The Balaban J connectivity index is 0.998. The normalized spacial score (nSPS) is 28.1. The molecule has 8 fully saturated rings. The number of rotatable bonds is 11. The molecule has 8 aliphatic heterocycles. The van der Waals surface area contributed by atoms with Gasteiger partial charge in [0, 0.05) is 129 Å². The summed E-state index contributed by atoms with van der Waals surface area (Å²) >= 11 is 1.51. The van der Waals surface area contributed by atoms with Crippen molar-refractivity contribution in [3.63, 3.8) is 0 Å². The van der Waals surface area contributed by atoms with E-state index in [0.29, 0.717) is 91.5 Å². The van der Waals surface area contributed by atoms with E-state index in [2.05, 4.69) is 92.4 Å². The summed E-state index contributed by atoms with van der Waals surface area (Å²) < 4.78 is 39.0. The van der Waals surface area contributed by atoms with E-state index >= 15 is 4.79 Å². The molecule has 418 valence electrons. The van der Waals surface area contributed by atoms with Gasteiger partial charge in [0.05, 0.1) is 68.3 Å². The van der Waals surface area contributed by atoms with Crippen LogP contribution < -0.4 is 10.7 Å². The van der Waals surface area contributed by atoms with Gasteiger partial charge in [0.15, 0.2) is 0 Å². The first kappa shape index (κ1) is 53.8. The number of likely N-dealkylation sites (N-methyl/N-ethyl adjacent to an activating group) is 1. The van der Waals surface area contributed by atoms with E-state index in [-0.39, 0.29) is 48.0 Å². The molecule has 7 saturated heterocycles. The topological polar surface area (TPSA) is 174 Å². The lowest BCUT2D eigenvalue weighted by molar-refractivity contribution is -0.204. The largest absolute Gasteiger partial charge is 0.464 e. The van der Waals surface area contributed by atoms with Crippen molar-refractivity contribution in [3.05, 3.63) is 57.7 Å². The number of pyridine rings is 1. The van der Waals surface area contributed by atoms with Crippen molar-refractivity contribution >= 4 is 40.0 Å². The predicted molar refractivity (Wildman–Crippen MR) is 294 cm³/mol. The standard InChI is InChI=1S/C59H77N9O9S/c1-37(72-5)49-44(25-38(30-60-49)9-8-15-65-18-16-64(4)17-19-65)52-45-29-58(2,3)34-77-57(71)50-40-26-41(27-40)68(63-50)56(70)51(62-54(69)48-10-6-7-21-76-48)53(66-32-59(33-66)35-74-36-59)55-61-46(31-78-55)39-11-12-47(43(45)28-39)67(52)20-24-75-42-13-22-73-23-14-42/h11-12,25,28,30-31,37,40-42,48,50-51,53,63H,6-7,10,13-24,26-27,29,32-36H2,1-5H3,(H,62,69)/t37-,40?,41?,48-,50-,51-,53?/m0/s1. The van der Waals surface area contributed by atoms with Gasteiger partial charge < -0.3 is 43.2 Å². The number of esters is 1. The number of benzene rings is 1. The molecular weight excluding hydrogens is 1010 g/mol. The van der Waals surface area contributed by atoms with Gasteiger partial charge in [-0.1, -0.05) is 31.8 Å². The minimum atomic E-state index is -1.03. The summed E-state index contributed by atoms with van der Waals surface area (Å²) in [5.74, 6) is 5.99. The summed E-state index contributed by atoms with van der Waals surface area (Å²) in [6.07, 6.45) is 6.85. The van der Waals surface area contributed by atoms with E-state index in [4.69, 9.17) is 38.4 Å². The third-order valence-corrected chi connectivity index (χ3v) is 18.7. The average molecular weight is 1090 g/mol. The number of carbonyl (C=O) groups excluding carboxylic acids is 3. The van der Waals surface area contributed by atoms with Gasteiger partial charge in [0.2, 0.25) is 5.91 Å². The maximum absolute atomic E-state index is 15.5. The molecule has 8 bridgehead atoms. The fourth-order valence-electron chi connectivity index (χ4n) is 13.0. The van der Waals surface area contributed by atoms with Crippen LogP contribution in [0.1, 0.15) is 99.7 Å². The third-order valence-electron chi connectivity index (χ3n) is 17.8. The van der Waals surface area contributed by atoms with Gasteiger partial charge in [-0.25, -0.2) is 10.4 Å². The minimum absolute atomic E-state index is 0.00131. The Labute approximate surface area is 462 Å². The number of carbonyl (C=O) groups is 3. The fourth-order valence-corrected chi connectivity index (χ4v) is 14.0. The SMILES string of the molecule is CO[C@@H](C)c1ncc(C#CCN2CCN(C)CC2)cc1-c1c2c3cc(ccc3n1CCOC1CCOCC1)-c1csc(n1)C(N1CC3(COC3)C1)[C@H](NC(=O)[C@@H]1CCCCO1)C(=O)N1N[C@H](C(=O)OCC(C)(C)C2)C2CC1C2. The number of hydrogen-bond donors (Lipinski definition) is 2. The zero-order valence-electron chi connectivity index (χ0n) is 46.1. The Hall–Kier alpha value is -4.85. The van der Waals surface area contributed by atoms with E-state index in [1.54, 1.807) is 12.1 Å². The number of methoxy groups -OCH3 is 1. The van der Waals surface area contributed by atoms with Gasteiger partial charge in [-0.05, 0) is 95.0 Å². The number of aromatic nitrogens is 3. The maximum atomic E-state index is 15.5. The second kappa shape index (κ2) is 22.6. The molecular formula is C59H77N9O9S. The van der Waals surface area contributed by atoms with Crippen molar-refractivity contribution in [2.24, 2.45) is 16.7 Å². The molecule has 2 amide bonds. The van der Waals surface area contributed by atoms with Crippen LogP contribution in [-0.2, 0) is 55.8 Å². The second-order valence-corrected chi connectivity index (χ2v) is 25.1. The molecule has 1 spiro atoms. The summed E-state index contributed by atoms with van der Waals surface area (Å²) in [4.78, 5) is 62.1. The molecule has 1 saturated carbocycles. The molecule has 11 heterocycles. The van der Waals surface area contributed by atoms with Gasteiger partial charge in [-0.15, -0.1) is 11.3 Å². The molecule has 19 heteroatoms. The van der Waals surface area contributed by atoms with Crippen LogP contribution >= 0.6 is 11.3 Å². The van der Waals surface area contributed by atoms with Crippen LogP contribution in [-0.4, -0.2) is 189 Å². The predicted octanol–water partition coefficient (Wildman–Crippen LogP) is 5.38. The molecule has 0 radical (unpaired) electrons. The summed E-state index contributed by atoms with van der Waals surface area (Å²) in [6.45, 7) is 16.7. The van der Waals surface area contributed by atoms with E-state index in [9.17, 15) is 9.59 Å². The first-order valence-corrected chi connectivity index (χ1v) is 29.4. The Kier molecular flexibility index (Phi) is 15.6. The van der Waals surface area contributed by atoms with Gasteiger partial charge in [-0.3, -0.25) is 34.2 Å². The second-order valence-electron chi connectivity index (χ2n) is 24.2. The van der Waals surface area contributed by atoms with Gasteiger partial charge >= 0.3 is 5.97 Å².